The number of rotatable bonds is 4. The molecule has 0 bridgehead atoms. The van der Waals surface area contributed by atoms with E-state index in [1.807, 2.05) is 0 Å². The fraction of sp³-hybridized carbons (Fsp3) is 0.438. The number of benzene rings is 1. The highest BCUT2D eigenvalue weighted by Gasteiger charge is 2.35. The maximum absolute atomic E-state index is 12.9. The third-order valence-corrected chi connectivity index (χ3v) is 3.92. The van der Waals surface area contributed by atoms with Crippen LogP contribution in [0.4, 0.5) is 4.39 Å². The molecule has 1 amide bonds. The lowest BCUT2D eigenvalue weighted by atomic mass is 9.95. The third-order valence-electron chi connectivity index (χ3n) is 3.92. The summed E-state index contributed by atoms with van der Waals surface area (Å²) in [4.78, 5) is 16.4. The Labute approximate surface area is 133 Å². The lowest BCUT2D eigenvalue weighted by Crippen LogP contribution is -2.48. The van der Waals surface area contributed by atoms with Crippen LogP contribution in [0.25, 0.3) is 11.4 Å². The Morgan fingerprint density at radius 2 is 2.13 bits per heavy atom. The summed E-state index contributed by atoms with van der Waals surface area (Å²) >= 11 is 0. The van der Waals surface area contributed by atoms with Crippen LogP contribution in [0.2, 0.25) is 0 Å². The van der Waals surface area contributed by atoms with Crippen LogP contribution in [0.15, 0.2) is 28.8 Å². The predicted octanol–water partition coefficient (Wildman–Crippen LogP) is 2.45. The van der Waals surface area contributed by atoms with E-state index in [9.17, 15) is 9.18 Å². The zero-order valence-electron chi connectivity index (χ0n) is 12.8. The molecule has 1 aromatic heterocycles. The van der Waals surface area contributed by atoms with E-state index in [2.05, 4.69) is 15.5 Å². The first-order valence-corrected chi connectivity index (χ1v) is 7.58. The van der Waals surface area contributed by atoms with Crippen molar-refractivity contribution in [3.05, 3.63) is 36.0 Å². The van der Waals surface area contributed by atoms with Gasteiger partial charge in [0.05, 0.1) is 6.54 Å². The molecule has 0 spiro atoms. The molecule has 1 aromatic carbocycles. The fourth-order valence-corrected chi connectivity index (χ4v) is 2.50. The molecule has 0 saturated carbocycles. The summed E-state index contributed by atoms with van der Waals surface area (Å²) < 4.78 is 23.6. The lowest BCUT2D eigenvalue weighted by Gasteiger charge is -2.32. The van der Waals surface area contributed by atoms with Gasteiger partial charge >= 0.3 is 0 Å². The second-order valence-corrected chi connectivity index (χ2v) is 5.74. The van der Waals surface area contributed by atoms with Gasteiger partial charge in [0, 0.05) is 12.2 Å². The molecule has 122 valence electrons. The monoisotopic (exact) mass is 319 g/mol. The lowest BCUT2D eigenvalue weighted by molar-refractivity contribution is -0.150. The average Bonchev–Trinajstić information content (AvgIpc) is 3.03. The van der Waals surface area contributed by atoms with E-state index in [0.29, 0.717) is 24.4 Å². The summed E-state index contributed by atoms with van der Waals surface area (Å²) in [6, 6.07) is 5.79. The number of carbonyl (C=O) groups excluding carboxylic acids is 1. The molecule has 1 aliphatic rings. The number of nitrogens with one attached hydrogen (secondary N) is 1. The van der Waals surface area contributed by atoms with Gasteiger partial charge in [0.2, 0.25) is 11.7 Å². The normalized spacial score (nSPS) is 21.1. The maximum Gasteiger partial charge on any atom is 0.252 e. The average molecular weight is 319 g/mol. The summed E-state index contributed by atoms with van der Waals surface area (Å²) in [6.45, 7) is 2.52. The Morgan fingerprint density at radius 3 is 2.83 bits per heavy atom. The van der Waals surface area contributed by atoms with E-state index in [1.165, 1.54) is 12.1 Å². The molecular weight excluding hydrogens is 301 g/mol. The van der Waals surface area contributed by atoms with E-state index in [1.54, 1.807) is 19.1 Å². The molecular formula is C16H18FN3O3. The molecule has 3 rings (SSSR count). The Bertz CT molecular complexity index is 678. The predicted molar refractivity (Wildman–Crippen MR) is 79.7 cm³/mol. The molecule has 7 heteroatoms. The number of aromatic nitrogens is 2. The zero-order valence-corrected chi connectivity index (χ0v) is 12.8. The van der Waals surface area contributed by atoms with Gasteiger partial charge in [-0.05, 0) is 50.5 Å². The highest BCUT2D eigenvalue weighted by atomic mass is 19.1. The van der Waals surface area contributed by atoms with E-state index in [-0.39, 0.29) is 24.2 Å². The molecule has 0 unspecified atom stereocenters. The van der Waals surface area contributed by atoms with Gasteiger partial charge in [-0.3, -0.25) is 4.79 Å². The highest BCUT2D eigenvalue weighted by Crippen LogP contribution is 2.24. The van der Waals surface area contributed by atoms with Crippen molar-refractivity contribution >= 4 is 5.91 Å². The molecule has 0 aliphatic carbocycles. The van der Waals surface area contributed by atoms with Gasteiger partial charge in [-0.1, -0.05) is 5.16 Å². The van der Waals surface area contributed by atoms with E-state index in [4.69, 9.17) is 9.26 Å². The van der Waals surface area contributed by atoms with E-state index < -0.39 is 5.60 Å². The number of amides is 1. The number of hydrogen-bond acceptors (Lipinski definition) is 5. The van der Waals surface area contributed by atoms with Crippen molar-refractivity contribution in [1.29, 1.82) is 0 Å². The van der Waals surface area contributed by atoms with Gasteiger partial charge in [0.1, 0.15) is 11.4 Å². The van der Waals surface area contributed by atoms with Crippen molar-refractivity contribution in [3.8, 4) is 11.4 Å². The zero-order chi connectivity index (χ0) is 16.3. The SMILES string of the molecule is C[C@]1(C(=O)NCc2nc(-c3ccc(F)cc3)no2)CCCCO1. The summed E-state index contributed by atoms with van der Waals surface area (Å²) in [5.74, 6) is 0.135. The van der Waals surface area contributed by atoms with Gasteiger partial charge in [-0.2, -0.15) is 4.98 Å². The number of ether oxygens (including phenoxy) is 1. The van der Waals surface area contributed by atoms with Gasteiger partial charge in [-0.15, -0.1) is 0 Å². The third kappa shape index (κ3) is 3.56. The van der Waals surface area contributed by atoms with Crippen molar-refractivity contribution in [1.82, 2.24) is 15.5 Å². The first-order chi connectivity index (χ1) is 11.1. The molecule has 1 saturated heterocycles. The summed E-state index contributed by atoms with van der Waals surface area (Å²) in [6.07, 6.45) is 2.65. The van der Waals surface area contributed by atoms with Gasteiger partial charge in [0.15, 0.2) is 0 Å². The van der Waals surface area contributed by atoms with Crippen LogP contribution in [0.3, 0.4) is 0 Å². The quantitative estimate of drug-likeness (QED) is 0.936. The summed E-state index contributed by atoms with van der Waals surface area (Å²) in [5.41, 5.74) is -0.145. The summed E-state index contributed by atoms with van der Waals surface area (Å²) in [5, 5.41) is 6.60. The van der Waals surface area contributed by atoms with Crippen molar-refractivity contribution in [2.24, 2.45) is 0 Å². The van der Waals surface area contributed by atoms with Gasteiger partial charge in [-0.25, -0.2) is 4.39 Å². The van der Waals surface area contributed by atoms with Crippen LogP contribution >= 0.6 is 0 Å². The standard InChI is InChI=1S/C16H18FN3O3/c1-16(8-2-3-9-22-16)15(21)18-10-13-19-14(20-23-13)11-4-6-12(17)7-5-11/h4-7H,2-3,8-10H2,1H3,(H,18,21)/t16-/m1/s1. The van der Waals surface area contributed by atoms with Crippen LogP contribution in [-0.4, -0.2) is 28.3 Å². The van der Waals surface area contributed by atoms with E-state index in [0.717, 1.165) is 12.8 Å². The minimum atomic E-state index is -0.794. The Balaban J connectivity index is 1.61. The topological polar surface area (TPSA) is 77.3 Å². The largest absolute Gasteiger partial charge is 0.365 e. The second kappa shape index (κ2) is 6.45. The smallest absolute Gasteiger partial charge is 0.252 e. The Kier molecular flexibility index (Phi) is 4.38. The number of carbonyl (C=O) groups is 1. The molecule has 1 N–H and O–H groups in total. The number of hydrogen-bond donors (Lipinski definition) is 1. The van der Waals surface area contributed by atoms with Crippen LogP contribution in [-0.2, 0) is 16.1 Å². The first-order valence-electron chi connectivity index (χ1n) is 7.58. The van der Waals surface area contributed by atoms with Crippen molar-refractivity contribution < 1.29 is 18.4 Å². The Morgan fingerprint density at radius 1 is 1.35 bits per heavy atom. The molecule has 1 aliphatic heterocycles. The van der Waals surface area contributed by atoms with Gasteiger partial charge < -0.3 is 14.6 Å². The first kappa shape index (κ1) is 15.6. The Hall–Kier alpha value is -2.28. The van der Waals surface area contributed by atoms with E-state index >= 15 is 0 Å². The van der Waals surface area contributed by atoms with Crippen LogP contribution in [0.5, 0.6) is 0 Å². The number of nitrogens with zero attached hydrogens (tertiary/aromatic N) is 2. The minimum absolute atomic E-state index is 0.131. The number of halogens is 1. The van der Waals surface area contributed by atoms with Crippen LogP contribution < -0.4 is 5.32 Å². The van der Waals surface area contributed by atoms with Crippen molar-refractivity contribution in [2.45, 2.75) is 38.3 Å². The van der Waals surface area contributed by atoms with Crippen molar-refractivity contribution in [2.75, 3.05) is 6.61 Å². The molecule has 0 radical (unpaired) electrons. The molecule has 6 nitrogen and oxygen atoms in total. The summed E-state index contributed by atoms with van der Waals surface area (Å²) in [7, 11) is 0. The molecule has 1 fully saturated rings. The molecule has 2 aromatic rings. The fourth-order valence-electron chi connectivity index (χ4n) is 2.50. The van der Waals surface area contributed by atoms with Crippen LogP contribution in [0.1, 0.15) is 32.1 Å². The van der Waals surface area contributed by atoms with Crippen LogP contribution in [0, 0.1) is 5.82 Å². The molecule has 1 atom stereocenters. The highest BCUT2D eigenvalue weighted by molar-refractivity contribution is 5.84. The van der Waals surface area contributed by atoms with Crippen molar-refractivity contribution in [3.63, 3.8) is 0 Å². The maximum atomic E-state index is 12.9. The molecule has 23 heavy (non-hydrogen) atoms. The minimum Gasteiger partial charge on any atom is -0.365 e. The van der Waals surface area contributed by atoms with Gasteiger partial charge in [0.25, 0.3) is 5.91 Å². The second-order valence-electron chi connectivity index (χ2n) is 5.74. The molecule has 2 heterocycles.